The molecule has 1 spiro atoms. The molecule has 6 nitrogen and oxygen atoms in total. The van der Waals surface area contributed by atoms with Gasteiger partial charge in [0.15, 0.2) is 0 Å². The number of carbonyl (C=O) groups is 1. The summed E-state index contributed by atoms with van der Waals surface area (Å²) < 4.78 is 5.19. The molecule has 4 aliphatic rings. The number of hydrogen-bond donors (Lipinski definition) is 1. The Morgan fingerprint density at radius 2 is 2.00 bits per heavy atom. The van der Waals surface area contributed by atoms with Crippen molar-refractivity contribution < 1.29 is 9.53 Å². The first-order valence-electron chi connectivity index (χ1n) is 13.0. The third kappa shape index (κ3) is 3.76. The lowest BCUT2D eigenvalue weighted by Gasteiger charge is -2.35. The Morgan fingerprint density at radius 3 is 2.74 bits per heavy atom. The number of pyridine rings is 1. The molecule has 1 amide bonds. The lowest BCUT2D eigenvalue weighted by Crippen LogP contribution is -2.49. The monoisotopic (exact) mass is 460 g/mol. The molecule has 3 unspecified atom stereocenters. The molecule has 1 aromatic carbocycles. The number of ether oxygens (including phenoxy) is 1. The zero-order valence-corrected chi connectivity index (χ0v) is 20.4. The minimum absolute atomic E-state index is 0.209. The summed E-state index contributed by atoms with van der Waals surface area (Å²) in [5.74, 6) is 3.45. The van der Waals surface area contributed by atoms with Crippen molar-refractivity contribution in [1.82, 2.24) is 15.2 Å². The van der Waals surface area contributed by atoms with Gasteiger partial charge in [-0.1, -0.05) is 23.8 Å². The van der Waals surface area contributed by atoms with Gasteiger partial charge in [0.25, 0.3) is 0 Å². The van der Waals surface area contributed by atoms with E-state index in [9.17, 15) is 4.79 Å². The van der Waals surface area contributed by atoms with Crippen LogP contribution in [0.2, 0.25) is 0 Å². The van der Waals surface area contributed by atoms with Crippen LogP contribution in [0.15, 0.2) is 36.4 Å². The van der Waals surface area contributed by atoms with Gasteiger partial charge in [-0.25, -0.2) is 9.78 Å². The number of aryl methyl sites for hydroxylation is 1. The Morgan fingerprint density at radius 1 is 1.18 bits per heavy atom. The molecule has 1 aromatic heterocycles. The summed E-state index contributed by atoms with van der Waals surface area (Å²) in [7, 11) is 0. The second-order valence-electron chi connectivity index (χ2n) is 10.7. The van der Waals surface area contributed by atoms with Crippen LogP contribution in [0.4, 0.5) is 10.6 Å². The van der Waals surface area contributed by atoms with Crippen molar-refractivity contribution in [3.05, 3.63) is 47.5 Å². The highest BCUT2D eigenvalue weighted by atomic mass is 16.6. The molecule has 6 rings (SSSR count). The molecule has 1 N–H and O–H groups in total. The van der Waals surface area contributed by atoms with E-state index in [2.05, 4.69) is 53.6 Å². The van der Waals surface area contributed by atoms with Crippen LogP contribution in [0.5, 0.6) is 0 Å². The van der Waals surface area contributed by atoms with Crippen molar-refractivity contribution in [2.75, 3.05) is 44.2 Å². The molecule has 2 saturated carbocycles. The van der Waals surface area contributed by atoms with Gasteiger partial charge in [-0.05, 0) is 81.0 Å². The first kappa shape index (κ1) is 21.9. The quantitative estimate of drug-likeness (QED) is 0.643. The van der Waals surface area contributed by atoms with Gasteiger partial charge in [0.2, 0.25) is 0 Å². The fourth-order valence-corrected chi connectivity index (χ4v) is 6.80. The molecular weight excluding hydrogens is 424 g/mol. The number of carbonyl (C=O) groups excluding carboxylic acids is 1. The Bertz CT molecular complexity index is 1120. The smallest absolute Gasteiger partial charge is 0.409 e. The number of aromatic nitrogens is 1. The van der Waals surface area contributed by atoms with E-state index >= 15 is 0 Å². The SMILES string of the molecule is CCOC(=O)N1CCN(c2nc3ccc(C)cc3cc2CNCC2CC3C=CC2C32CC2)CC1. The van der Waals surface area contributed by atoms with Crippen molar-refractivity contribution in [1.29, 1.82) is 0 Å². The molecule has 3 aliphatic carbocycles. The maximum Gasteiger partial charge on any atom is 0.409 e. The van der Waals surface area contributed by atoms with Crippen LogP contribution in [0.3, 0.4) is 0 Å². The highest BCUT2D eigenvalue weighted by Crippen LogP contribution is 2.69. The molecule has 0 radical (unpaired) electrons. The second-order valence-corrected chi connectivity index (χ2v) is 10.7. The number of nitrogens with one attached hydrogen (secondary N) is 1. The van der Waals surface area contributed by atoms with Crippen LogP contribution in [0.1, 0.15) is 37.3 Å². The number of allylic oxidation sites excluding steroid dienone is 2. The van der Waals surface area contributed by atoms with Gasteiger partial charge in [-0.2, -0.15) is 0 Å². The first-order valence-corrected chi connectivity index (χ1v) is 13.0. The standard InChI is InChI=1S/C28H36N4O2/c1-3-34-27(33)32-12-10-31(11-13-32)26-22(15-20-14-19(2)4-7-25(20)30-26)18-29-17-21-16-23-5-6-24(21)28(23)8-9-28/h4-7,14-15,21,23-24,29H,3,8-13,16-18H2,1-2H3. The zero-order valence-electron chi connectivity index (χ0n) is 20.4. The predicted octanol–water partition coefficient (Wildman–Crippen LogP) is 4.51. The summed E-state index contributed by atoms with van der Waals surface area (Å²) in [5.41, 5.74) is 4.19. The fourth-order valence-electron chi connectivity index (χ4n) is 6.80. The highest BCUT2D eigenvalue weighted by molar-refractivity contribution is 5.82. The van der Waals surface area contributed by atoms with Crippen LogP contribution in [0, 0.1) is 30.1 Å². The molecule has 3 atom stereocenters. The van der Waals surface area contributed by atoms with Crippen molar-refractivity contribution >= 4 is 22.8 Å². The molecule has 2 heterocycles. The summed E-state index contributed by atoms with van der Waals surface area (Å²) in [6.07, 6.45) is 9.02. The molecule has 2 aromatic rings. The molecule has 6 heteroatoms. The molecule has 34 heavy (non-hydrogen) atoms. The third-order valence-electron chi connectivity index (χ3n) is 8.70. The van der Waals surface area contributed by atoms with Gasteiger partial charge < -0.3 is 19.9 Å². The fraction of sp³-hybridized carbons (Fsp3) is 0.571. The largest absolute Gasteiger partial charge is 0.450 e. The highest BCUT2D eigenvalue weighted by Gasteiger charge is 2.62. The molecular formula is C28H36N4O2. The number of benzene rings is 1. The number of rotatable bonds is 6. The lowest BCUT2D eigenvalue weighted by molar-refractivity contribution is 0.105. The first-order chi connectivity index (χ1) is 16.6. The third-order valence-corrected chi connectivity index (χ3v) is 8.70. The van der Waals surface area contributed by atoms with E-state index in [1.807, 2.05) is 6.92 Å². The van der Waals surface area contributed by atoms with E-state index in [1.54, 1.807) is 4.90 Å². The molecule has 180 valence electrons. The van der Waals surface area contributed by atoms with Gasteiger partial charge in [-0.3, -0.25) is 0 Å². The van der Waals surface area contributed by atoms with Crippen LogP contribution >= 0.6 is 0 Å². The van der Waals surface area contributed by atoms with Gasteiger partial charge in [0.05, 0.1) is 12.1 Å². The average molecular weight is 461 g/mol. The number of hydrogen-bond acceptors (Lipinski definition) is 5. The van der Waals surface area contributed by atoms with E-state index in [4.69, 9.17) is 9.72 Å². The molecule has 2 bridgehead atoms. The van der Waals surface area contributed by atoms with Gasteiger partial charge in [-0.15, -0.1) is 0 Å². The normalized spacial score (nSPS) is 26.6. The second kappa shape index (κ2) is 8.56. The van der Waals surface area contributed by atoms with Crippen LogP contribution in [0.25, 0.3) is 10.9 Å². The Labute approximate surface area is 202 Å². The maximum atomic E-state index is 12.1. The van der Waals surface area contributed by atoms with Gasteiger partial charge >= 0.3 is 6.09 Å². The van der Waals surface area contributed by atoms with Crippen molar-refractivity contribution in [2.24, 2.45) is 23.2 Å². The average Bonchev–Trinajstić information content (AvgIpc) is 3.51. The summed E-state index contributed by atoms with van der Waals surface area (Å²) in [6, 6.07) is 8.80. The van der Waals surface area contributed by atoms with E-state index in [0.29, 0.717) is 25.1 Å². The van der Waals surface area contributed by atoms with Gasteiger partial charge in [0.1, 0.15) is 5.82 Å². The Balaban J connectivity index is 1.18. The van der Waals surface area contributed by atoms with Crippen LogP contribution in [-0.2, 0) is 11.3 Å². The van der Waals surface area contributed by atoms with Crippen molar-refractivity contribution in [3.63, 3.8) is 0 Å². The van der Waals surface area contributed by atoms with Gasteiger partial charge in [0, 0.05) is 43.7 Å². The number of anilines is 1. The van der Waals surface area contributed by atoms with Crippen LogP contribution in [-0.4, -0.2) is 55.3 Å². The summed E-state index contributed by atoms with van der Waals surface area (Å²) in [4.78, 5) is 21.4. The van der Waals surface area contributed by atoms with E-state index in [1.165, 1.54) is 35.8 Å². The minimum atomic E-state index is -0.209. The summed E-state index contributed by atoms with van der Waals surface area (Å²) in [6.45, 7) is 9.19. The molecule has 1 saturated heterocycles. The Hall–Kier alpha value is -2.60. The van der Waals surface area contributed by atoms with Crippen LogP contribution < -0.4 is 10.2 Å². The zero-order chi connectivity index (χ0) is 23.3. The maximum absolute atomic E-state index is 12.1. The number of amides is 1. The number of nitrogens with zero attached hydrogens (tertiary/aromatic N) is 3. The van der Waals surface area contributed by atoms with Crippen molar-refractivity contribution in [2.45, 2.75) is 39.7 Å². The van der Waals surface area contributed by atoms with E-state index in [-0.39, 0.29) is 6.09 Å². The van der Waals surface area contributed by atoms with E-state index in [0.717, 1.165) is 55.3 Å². The predicted molar refractivity (Wildman–Crippen MR) is 135 cm³/mol. The lowest BCUT2D eigenvalue weighted by atomic mass is 9.89. The topological polar surface area (TPSA) is 57.7 Å². The van der Waals surface area contributed by atoms with Crippen molar-refractivity contribution in [3.8, 4) is 0 Å². The number of fused-ring (bicyclic) bond motifs is 1. The van der Waals surface area contributed by atoms with E-state index < -0.39 is 0 Å². The summed E-state index contributed by atoms with van der Waals surface area (Å²) in [5, 5.41) is 5.01. The molecule has 3 fully saturated rings. The Kier molecular flexibility index (Phi) is 5.51. The summed E-state index contributed by atoms with van der Waals surface area (Å²) >= 11 is 0. The number of piperazine rings is 1. The minimum Gasteiger partial charge on any atom is -0.450 e. The molecule has 1 aliphatic heterocycles.